The van der Waals surface area contributed by atoms with Gasteiger partial charge in [-0.05, 0) is 29.8 Å². The van der Waals surface area contributed by atoms with Crippen LogP contribution in [-0.2, 0) is 6.42 Å². The number of amides is 1. The fourth-order valence-corrected chi connectivity index (χ4v) is 2.76. The molecule has 4 aromatic rings. The lowest BCUT2D eigenvalue weighted by atomic mass is 10.1. The fraction of sp³-hybridized carbons (Fsp3) is 0.105. The summed E-state index contributed by atoms with van der Waals surface area (Å²) >= 11 is 0. The van der Waals surface area contributed by atoms with Gasteiger partial charge in [-0.1, -0.05) is 12.1 Å². The second-order valence-electron chi connectivity index (χ2n) is 5.94. The molecule has 2 N–H and O–H groups in total. The molecule has 0 aliphatic heterocycles. The molecule has 9 heteroatoms. The van der Waals surface area contributed by atoms with Crippen LogP contribution in [0, 0.1) is 5.82 Å². The first-order chi connectivity index (χ1) is 13.6. The second-order valence-corrected chi connectivity index (χ2v) is 5.94. The van der Waals surface area contributed by atoms with Crippen LogP contribution in [-0.4, -0.2) is 38.2 Å². The van der Waals surface area contributed by atoms with Crippen molar-refractivity contribution in [2.45, 2.75) is 6.42 Å². The van der Waals surface area contributed by atoms with E-state index in [-0.39, 0.29) is 46.7 Å². The zero-order chi connectivity index (χ0) is 19.7. The first-order valence-corrected chi connectivity index (χ1v) is 8.34. The molecule has 0 aliphatic carbocycles. The fourth-order valence-electron chi connectivity index (χ4n) is 2.76. The van der Waals surface area contributed by atoms with E-state index in [1.807, 2.05) is 0 Å². The minimum Gasteiger partial charge on any atom is -0.504 e. The monoisotopic (exact) mass is 379 g/mol. The van der Waals surface area contributed by atoms with Crippen molar-refractivity contribution in [3.05, 3.63) is 65.6 Å². The van der Waals surface area contributed by atoms with Crippen molar-refractivity contribution >= 4 is 16.8 Å². The highest BCUT2D eigenvalue weighted by molar-refractivity contribution is 6.07. The second kappa shape index (κ2) is 7.03. The molecule has 0 aliphatic rings. The maximum Gasteiger partial charge on any atom is 0.270 e. The summed E-state index contributed by atoms with van der Waals surface area (Å²) in [6.45, 7) is 0. The minimum absolute atomic E-state index is 0.0392. The number of benzene rings is 1. The lowest BCUT2D eigenvalue weighted by Gasteiger charge is -2.08. The largest absolute Gasteiger partial charge is 0.504 e. The molecule has 0 atom stereocenters. The average molecular weight is 379 g/mol. The van der Waals surface area contributed by atoms with Crippen LogP contribution in [0.25, 0.3) is 22.5 Å². The topological polar surface area (TPSA) is 114 Å². The van der Waals surface area contributed by atoms with E-state index in [1.54, 1.807) is 24.3 Å². The number of carbonyl (C=O) groups excluding carboxylic acids is 1. The van der Waals surface area contributed by atoms with Gasteiger partial charge in [0.25, 0.3) is 11.8 Å². The summed E-state index contributed by atoms with van der Waals surface area (Å²) in [7, 11) is 1.48. The van der Waals surface area contributed by atoms with Gasteiger partial charge in [-0.25, -0.2) is 9.37 Å². The standard InChI is InChI=1S/C19H14FN5O3/c1-21-18(27)15-12-3-2-8-22-14(12)17(26)16(23-15)19-25-24-13(28-19)9-10-4-6-11(20)7-5-10/h2-8,26H,9H2,1H3,(H,21,27). The van der Waals surface area contributed by atoms with E-state index in [1.165, 1.54) is 25.4 Å². The predicted octanol–water partition coefficient (Wildman–Crippen LogP) is 2.47. The van der Waals surface area contributed by atoms with E-state index in [4.69, 9.17) is 4.42 Å². The molecule has 0 radical (unpaired) electrons. The molecule has 3 heterocycles. The smallest absolute Gasteiger partial charge is 0.270 e. The van der Waals surface area contributed by atoms with E-state index >= 15 is 0 Å². The van der Waals surface area contributed by atoms with Crippen molar-refractivity contribution in [1.29, 1.82) is 0 Å². The summed E-state index contributed by atoms with van der Waals surface area (Å²) in [6, 6.07) is 9.17. The van der Waals surface area contributed by atoms with Gasteiger partial charge in [0, 0.05) is 18.6 Å². The molecule has 1 aromatic carbocycles. The van der Waals surface area contributed by atoms with Gasteiger partial charge >= 0.3 is 0 Å². The van der Waals surface area contributed by atoms with Crippen LogP contribution in [0.3, 0.4) is 0 Å². The van der Waals surface area contributed by atoms with Crippen LogP contribution in [0.15, 0.2) is 47.0 Å². The molecular weight excluding hydrogens is 365 g/mol. The van der Waals surface area contributed by atoms with Gasteiger partial charge < -0.3 is 14.8 Å². The van der Waals surface area contributed by atoms with Gasteiger partial charge in [0.2, 0.25) is 5.89 Å². The van der Waals surface area contributed by atoms with Gasteiger partial charge in [0.05, 0.1) is 6.42 Å². The van der Waals surface area contributed by atoms with Crippen molar-refractivity contribution in [3.63, 3.8) is 0 Å². The number of carbonyl (C=O) groups is 1. The van der Waals surface area contributed by atoms with Crippen LogP contribution >= 0.6 is 0 Å². The van der Waals surface area contributed by atoms with Crippen LogP contribution in [0.5, 0.6) is 5.75 Å². The Morgan fingerprint density at radius 2 is 2.00 bits per heavy atom. The van der Waals surface area contributed by atoms with E-state index in [9.17, 15) is 14.3 Å². The van der Waals surface area contributed by atoms with Gasteiger partial charge in [0.1, 0.15) is 17.0 Å². The predicted molar refractivity (Wildman–Crippen MR) is 97.1 cm³/mol. The Kier molecular flexibility index (Phi) is 4.40. The first-order valence-electron chi connectivity index (χ1n) is 8.34. The maximum atomic E-state index is 13.0. The number of nitrogens with one attached hydrogen (secondary N) is 1. The number of hydrogen-bond donors (Lipinski definition) is 2. The number of rotatable bonds is 4. The number of pyridine rings is 2. The van der Waals surface area contributed by atoms with Gasteiger partial charge in [-0.2, -0.15) is 0 Å². The Balaban J connectivity index is 1.77. The Morgan fingerprint density at radius 1 is 1.21 bits per heavy atom. The molecule has 28 heavy (non-hydrogen) atoms. The Morgan fingerprint density at radius 3 is 2.75 bits per heavy atom. The highest BCUT2D eigenvalue weighted by Crippen LogP contribution is 2.34. The summed E-state index contributed by atoms with van der Waals surface area (Å²) in [5.74, 6) is -0.835. The number of aromatic nitrogens is 4. The summed E-state index contributed by atoms with van der Waals surface area (Å²) < 4.78 is 18.6. The molecule has 3 aromatic heterocycles. The SMILES string of the molecule is CNC(=O)c1nc(-c2nnc(Cc3ccc(F)cc3)o2)c(O)c2ncccc12. The molecule has 140 valence electrons. The number of aromatic hydroxyl groups is 1. The third kappa shape index (κ3) is 3.13. The van der Waals surface area contributed by atoms with Crippen molar-refractivity contribution in [2.75, 3.05) is 7.05 Å². The minimum atomic E-state index is -0.440. The van der Waals surface area contributed by atoms with E-state index < -0.39 is 5.91 Å². The Bertz CT molecular complexity index is 1170. The molecular formula is C19H14FN5O3. The molecule has 0 spiro atoms. The zero-order valence-corrected chi connectivity index (χ0v) is 14.7. The van der Waals surface area contributed by atoms with Crippen molar-refractivity contribution in [2.24, 2.45) is 0 Å². The summed E-state index contributed by atoms with van der Waals surface area (Å²) in [4.78, 5) is 20.6. The molecule has 0 saturated carbocycles. The highest BCUT2D eigenvalue weighted by atomic mass is 19.1. The van der Waals surface area contributed by atoms with E-state index in [0.29, 0.717) is 5.39 Å². The molecule has 0 unspecified atom stereocenters. The molecule has 0 bridgehead atoms. The number of halogens is 1. The molecule has 1 amide bonds. The third-order valence-corrected chi connectivity index (χ3v) is 4.12. The molecule has 0 saturated heterocycles. The lowest BCUT2D eigenvalue weighted by Crippen LogP contribution is -2.20. The quantitative estimate of drug-likeness (QED) is 0.560. The molecule has 8 nitrogen and oxygen atoms in total. The third-order valence-electron chi connectivity index (χ3n) is 4.12. The maximum absolute atomic E-state index is 13.0. The van der Waals surface area contributed by atoms with Crippen LogP contribution in [0.1, 0.15) is 21.9 Å². The van der Waals surface area contributed by atoms with Crippen molar-refractivity contribution in [1.82, 2.24) is 25.5 Å². The van der Waals surface area contributed by atoms with Crippen molar-refractivity contribution < 1.29 is 18.7 Å². The Labute approximate surface area is 158 Å². The van der Waals surface area contributed by atoms with Gasteiger partial charge in [0.15, 0.2) is 11.4 Å². The summed E-state index contributed by atoms with van der Waals surface area (Å²) in [5.41, 5.74) is 1.02. The lowest BCUT2D eigenvalue weighted by molar-refractivity contribution is 0.0960. The van der Waals surface area contributed by atoms with Crippen LogP contribution in [0.4, 0.5) is 4.39 Å². The number of hydrogen-bond acceptors (Lipinski definition) is 7. The van der Waals surface area contributed by atoms with Crippen LogP contribution in [0.2, 0.25) is 0 Å². The number of fused-ring (bicyclic) bond motifs is 1. The Hall–Kier alpha value is -3.88. The first kappa shape index (κ1) is 17.5. The number of nitrogens with zero attached hydrogens (tertiary/aromatic N) is 4. The summed E-state index contributed by atoms with van der Waals surface area (Å²) in [5, 5.41) is 21.4. The normalized spacial score (nSPS) is 10.9. The van der Waals surface area contributed by atoms with E-state index in [0.717, 1.165) is 5.56 Å². The van der Waals surface area contributed by atoms with Crippen molar-refractivity contribution in [3.8, 4) is 17.3 Å². The molecule has 0 fully saturated rings. The highest BCUT2D eigenvalue weighted by Gasteiger charge is 2.23. The van der Waals surface area contributed by atoms with Gasteiger partial charge in [-0.3, -0.25) is 9.78 Å². The van der Waals surface area contributed by atoms with Gasteiger partial charge in [-0.15, -0.1) is 10.2 Å². The average Bonchev–Trinajstić information content (AvgIpc) is 3.18. The summed E-state index contributed by atoms with van der Waals surface area (Å²) in [6.07, 6.45) is 1.77. The van der Waals surface area contributed by atoms with E-state index in [2.05, 4.69) is 25.5 Å². The molecule has 4 rings (SSSR count). The van der Waals surface area contributed by atoms with Crippen LogP contribution < -0.4 is 5.32 Å². The zero-order valence-electron chi connectivity index (χ0n) is 14.7.